The lowest BCUT2D eigenvalue weighted by Gasteiger charge is -2.11. The van der Waals surface area contributed by atoms with Crippen molar-refractivity contribution < 1.29 is 4.74 Å². The van der Waals surface area contributed by atoms with Crippen molar-refractivity contribution in [3.05, 3.63) is 53.1 Å². The molecule has 0 aliphatic carbocycles. The molecule has 0 atom stereocenters. The van der Waals surface area contributed by atoms with Crippen molar-refractivity contribution in [2.75, 3.05) is 7.11 Å². The minimum absolute atomic E-state index is 0.0389. The molecule has 0 fully saturated rings. The van der Waals surface area contributed by atoms with Crippen molar-refractivity contribution in [2.24, 2.45) is 5.73 Å². The Morgan fingerprint density at radius 3 is 2.53 bits per heavy atom. The summed E-state index contributed by atoms with van der Waals surface area (Å²) in [6.07, 6.45) is 0. The van der Waals surface area contributed by atoms with Gasteiger partial charge in [0.1, 0.15) is 11.6 Å². The van der Waals surface area contributed by atoms with Crippen molar-refractivity contribution in [1.82, 2.24) is 0 Å². The fraction of sp³-hybridized carbons (Fsp3) is 0.0714. The van der Waals surface area contributed by atoms with Crippen LogP contribution in [0.25, 0.3) is 0 Å². The van der Waals surface area contributed by atoms with Crippen LogP contribution in [0.4, 0.5) is 0 Å². The number of hydrogen-bond donors (Lipinski definition) is 2. The molecule has 0 amide bonds. The number of ether oxygens (including phenoxy) is 1. The van der Waals surface area contributed by atoms with Crippen molar-refractivity contribution >= 4 is 29.2 Å². The van der Waals surface area contributed by atoms with E-state index in [1.165, 1.54) is 11.8 Å². The smallest absolute Gasteiger partial charge is 0.132 e. The molecule has 0 radical (unpaired) electrons. The summed E-state index contributed by atoms with van der Waals surface area (Å²) in [5.74, 6) is 0.741. The summed E-state index contributed by atoms with van der Waals surface area (Å²) < 4.78 is 5.31. The maximum Gasteiger partial charge on any atom is 0.132 e. The highest BCUT2D eigenvalue weighted by molar-refractivity contribution is 7.99. The van der Waals surface area contributed by atoms with Crippen LogP contribution in [0, 0.1) is 5.41 Å². The zero-order valence-corrected chi connectivity index (χ0v) is 11.9. The number of rotatable bonds is 4. The third-order valence-corrected chi connectivity index (χ3v) is 3.97. The molecule has 0 heterocycles. The fourth-order valence-electron chi connectivity index (χ4n) is 1.67. The fourth-order valence-corrected chi connectivity index (χ4v) is 3.11. The molecule has 2 rings (SSSR count). The van der Waals surface area contributed by atoms with Gasteiger partial charge in [0.25, 0.3) is 0 Å². The number of nitrogens with one attached hydrogen (secondary N) is 1. The van der Waals surface area contributed by atoms with Crippen LogP contribution in [0.2, 0.25) is 5.02 Å². The van der Waals surface area contributed by atoms with E-state index < -0.39 is 0 Å². The maximum absolute atomic E-state index is 7.63. The van der Waals surface area contributed by atoms with Gasteiger partial charge in [0, 0.05) is 10.5 Å². The molecule has 19 heavy (non-hydrogen) atoms. The first-order valence-corrected chi connectivity index (χ1v) is 6.76. The Balaban J connectivity index is 2.44. The minimum Gasteiger partial charge on any atom is -0.496 e. The molecule has 0 spiro atoms. The average molecular weight is 293 g/mol. The molecular formula is C14H13ClN2OS. The number of nitrogens with two attached hydrogens (primary N) is 1. The number of para-hydroxylation sites is 1. The van der Waals surface area contributed by atoms with E-state index in [0.29, 0.717) is 10.6 Å². The number of hydrogen-bond acceptors (Lipinski definition) is 3. The topological polar surface area (TPSA) is 59.1 Å². The van der Waals surface area contributed by atoms with E-state index >= 15 is 0 Å². The van der Waals surface area contributed by atoms with Gasteiger partial charge in [0.15, 0.2) is 0 Å². The number of amidine groups is 1. The van der Waals surface area contributed by atoms with Gasteiger partial charge in [-0.1, -0.05) is 41.6 Å². The van der Waals surface area contributed by atoms with Crippen molar-refractivity contribution in [1.29, 1.82) is 5.41 Å². The lowest BCUT2D eigenvalue weighted by Crippen LogP contribution is -2.13. The third-order valence-electron chi connectivity index (χ3n) is 2.53. The highest BCUT2D eigenvalue weighted by Crippen LogP contribution is 2.38. The molecule has 0 saturated heterocycles. The quantitative estimate of drug-likeness (QED) is 0.666. The Morgan fingerprint density at radius 2 is 1.84 bits per heavy atom. The van der Waals surface area contributed by atoms with Gasteiger partial charge in [0.05, 0.1) is 17.0 Å². The monoisotopic (exact) mass is 292 g/mol. The van der Waals surface area contributed by atoms with Gasteiger partial charge >= 0.3 is 0 Å². The number of nitrogen functional groups attached to an aromatic ring is 1. The molecular weight excluding hydrogens is 280 g/mol. The lowest BCUT2D eigenvalue weighted by molar-refractivity contribution is 0.405. The molecule has 2 aromatic rings. The number of benzene rings is 2. The Kier molecular flexibility index (Phi) is 4.35. The normalized spacial score (nSPS) is 10.2. The molecule has 0 bridgehead atoms. The van der Waals surface area contributed by atoms with E-state index in [4.69, 9.17) is 27.5 Å². The highest BCUT2D eigenvalue weighted by Gasteiger charge is 2.12. The van der Waals surface area contributed by atoms with Crippen LogP contribution in [-0.4, -0.2) is 12.9 Å². The second-order valence-electron chi connectivity index (χ2n) is 3.78. The van der Waals surface area contributed by atoms with Gasteiger partial charge in [-0.15, -0.1) is 0 Å². The molecule has 2 aromatic carbocycles. The van der Waals surface area contributed by atoms with Crippen LogP contribution in [0.1, 0.15) is 5.56 Å². The van der Waals surface area contributed by atoms with Crippen molar-refractivity contribution in [3.8, 4) is 5.75 Å². The summed E-state index contributed by atoms with van der Waals surface area (Å²) in [5, 5.41) is 8.11. The third kappa shape index (κ3) is 3.03. The molecule has 0 aliphatic heterocycles. The van der Waals surface area contributed by atoms with Crippen molar-refractivity contribution in [2.45, 2.75) is 9.79 Å². The van der Waals surface area contributed by atoms with Crippen LogP contribution in [0.3, 0.4) is 0 Å². The highest BCUT2D eigenvalue weighted by atomic mass is 35.5. The molecule has 0 unspecified atom stereocenters. The van der Waals surface area contributed by atoms with Gasteiger partial charge in [-0.25, -0.2) is 0 Å². The summed E-state index contributed by atoms with van der Waals surface area (Å²) in [7, 11) is 1.63. The Morgan fingerprint density at radius 1 is 1.16 bits per heavy atom. The summed E-state index contributed by atoms with van der Waals surface area (Å²) in [6.45, 7) is 0. The molecule has 3 N–H and O–H groups in total. The van der Waals surface area contributed by atoms with E-state index in [9.17, 15) is 0 Å². The van der Waals surface area contributed by atoms with E-state index in [0.717, 1.165) is 15.5 Å². The predicted molar refractivity (Wildman–Crippen MR) is 79.6 cm³/mol. The van der Waals surface area contributed by atoms with Gasteiger partial charge < -0.3 is 10.5 Å². The SMILES string of the molecule is COc1ccccc1Sc1cccc(Cl)c1C(=N)N. The first-order valence-electron chi connectivity index (χ1n) is 5.57. The van der Waals surface area contributed by atoms with E-state index in [-0.39, 0.29) is 5.84 Å². The minimum atomic E-state index is -0.0389. The molecule has 3 nitrogen and oxygen atoms in total. The standard InChI is InChI=1S/C14H13ClN2OS/c1-18-10-6-2-3-7-11(10)19-12-8-4-5-9(15)13(12)14(16)17/h2-8H,1H3,(H3,16,17). The molecule has 0 aromatic heterocycles. The average Bonchev–Trinajstić information content (AvgIpc) is 2.39. The van der Waals surface area contributed by atoms with Gasteiger partial charge in [-0.2, -0.15) is 0 Å². The van der Waals surface area contributed by atoms with Gasteiger partial charge in [-0.3, -0.25) is 5.41 Å². The van der Waals surface area contributed by atoms with E-state index in [1.54, 1.807) is 13.2 Å². The van der Waals surface area contributed by atoms with Crippen LogP contribution in [0.15, 0.2) is 52.3 Å². The largest absolute Gasteiger partial charge is 0.496 e. The predicted octanol–water partition coefficient (Wildman–Crippen LogP) is 3.78. The molecule has 98 valence electrons. The van der Waals surface area contributed by atoms with Gasteiger partial charge in [0.2, 0.25) is 0 Å². The summed E-state index contributed by atoms with van der Waals surface area (Å²) in [5.41, 5.74) is 6.15. The van der Waals surface area contributed by atoms with Gasteiger partial charge in [-0.05, 0) is 24.3 Å². The lowest BCUT2D eigenvalue weighted by atomic mass is 10.2. The zero-order valence-electron chi connectivity index (χ0n) is 10.3. The van der Waals surface area contributed by atoms with Crippen molar-refractivity contribution in [3.63, 3.8) is 0 Å². The van der Waals surface area contributed by atoms with Crippen LogP contribution in [0.5, 0.6) is 5.75 Å². The first kappa shape index (κ1) is 13.8. The number of halogens is 1. The molecule has 5 heteroatoms. The second-order valence-corrected chi connectivity index (χ2v) is 5.27. The Hall–Kier alpha value is -1.65. The Bertz CT molecular complexity index is 616. The zero-order chi connectivity index (χ0) is 13.8. The summed E-state index contributed by atoms with van der Waals surface area (Å²) in [4.78, 5) is 1.79. The second kappa shape index (κ2) is 5.99. The van der Waals surface area contributed by atoms with E-state index in [2.05, 4.69) is 0 Å². The van der Waals surface area contributed by atoms with Crippen LogP contribution < -0.4 is 10.5 Å². The van der Waals surface area contributed by atoms with Crippen LogP contribution >= 0.6 is 23.4 Å². The van der Waals surface area contributed by atoms with E-state index in [1.807, 2.05) is 36.4 Å². The summed E-state index contributed by atoms with van der Waals surface area (Å²) in [6, 6.07) is 13.1. The summed E-state index contributed by atoms with van der Waals surface area (Å²) >= 11 is 7.58. The molecule has 0 aliphatic rings. The number of methoxy groups -OCH3 is 1. The molecule has 0 saturated carbocycles. The van der Waals surface area contributed by atoms with Crippen LogP contribution in [-0.2, 0) is 0 Å². The maximum atomic E-state index is 7.63. The first-order chi connectivity index (χ1) is 9.13. The Labute approximate surface area is 121 Å².